The average Bonchev–Trinajstić information content (AvgIpc) is 2.46. The smallest absolute Gasteiger partial charge is 0.292 e. The van der Waals surface area contributed by atoms with Gasteiger partial charge in [-0.05, 0) is 24.0 Å². The van der Waals surface area contributed by atoms with Gasteiger partial charge in [-0.2, -0.15) is 4.98 Å². The van der Waals surface area contributed by atoms with Crippen molar-refractivity contribution in [1.29, 1.82) is 0 Å². The Labute approximate surface area is 111 Å². The van der Waals surface area contributed by atoms with Gasteiger partial charge in [0, 0.05) is 0 Å². The third-order valence-corrected chi connectivity index (χ3v) is 3.04. The normalized spacial score (nSPS) is 10.5. The summed E-state index contributed by atoms with van der Waals surface area (Å²) < 4.78 is 1.47. The van der Waals surface area contributed by atoms with E-state index in [0.29, 0.717) is 0 Å². The Bertz CT molecular complexity index is 613. The summed E-state index contributed by atoms with van der Waals surface area (Å²) in [7, 11) is 0. The molecular formula is C13H17N5O. The van der Waals surface area contributed by atoms with Crippen molar-refractivity contribution in [2.45, 2.75) is 26.7 Å². The van der Waals surface area contributed by atoms with Crippen LogP contribution in [0, 0.1) is 0 Å². The van der Waals surface area contributed by atoms with Gasteiger partial charge in [0.25, 0.3) is 0 Å². The molecular weight excluding hydrogens is 242 g/mol. The number of hydrogen-bond acceptors (Lipinski definition) is 5. The minimum absolute atomic E-state index is 0.119. The molecule has 0 aliphatic heterocycles. The zero-order chi connectivity index (χ0) is 13.8. The number of benzene rings is 1. The standard InChI is InChI=1S/C13H17N5O/c1-3-9-6-5-7-10(4-2)11(9)18-8-15-12(17-14)16-13(18)19/h5-8H,3-4,14H2,1-2H3,(H,16,17,19). The van der Waals surface area contributed by atoms with E-state index in [-0.39, 0.29) is 5.95 Å². The Morgan fingerprint density at radius 1 is 1.26 bits per heavy atom. The molecule has 0 saturated carbocycles. The number of nitrogens with two attached hydrogens (primary N) is 1. The molecule has 6 nitrogen and oxygen atoms in total. The van der Waals surface area contributed by atoms with Crippen LogP contribution >= 0.6 is 0 Å². The Morgan fingerprint density at radius 2 is 1.89 bits per heavy atom. The van der Waals surface area contributed by atoms with Crippen LogP contribution in [-0.2, 0) is 12.8 Å². The topological polar surface area (TPSA) is 85.8 Å². The summed E-state index contributed by atoms with van der Waals surface area (Å²) in [5.74, 6) is 5.32. The van der Waals surface area contributed by atoms with Crippen molar-refractivity contribution in [2.75, 3.05) is 5.43 Å². The fraction of sp³-hybridized carbons (Fsp3) is 0.308. The van der Waals surface area contributed by atoms with Crippen LogP contribution in [0.1, 0.15) is 25.0 Å². The molecule has 0 atom stereocenters. The fourth-order valence-electron chi connectivity index (χ4n) is 2.08. The van der Waals surface area contributed by atoms with Crippen molar-refractivity contribution in [3.8, 4) is 5.69 Å². The summed E-state index contributed by atoms with van der Waals surface area (Å²) in [4.78, 5) is 19.8. The number of nitrogens with one attached hydrogen (secondary N) is 1. The minimum Gasteiger partial charge on any atom is -0.292 e. The third kappa shape index (κ3) is 2.48. The zero-order valence-corrected chi connectivity index (χ0v) is 11.1. The molecule has 0 radical (unpaired) electrons. The molecule has 0 unspecified atom stereocenters. The molecule has 0 bridgehead atoms. The highest BCUT2D eigenvalue weighted by Crippen LogP contribution is 2.19. The molecule has 19 heavy (non-hydrogen) atoms. The SMILES string of the molecule is CCc1cccc(CC)c1-n1cnc(NN)nc1=O. The summed E-state index contributed by atoms with van der Waals surface area (Å²) in [6, 6.07) is 6.02. The van der Waals surface area contributed by atoms with E-state index in [0.717, 1.165) is 29.7 Å². The van der Waals surface area contributed by atoms with Crippen LogP contribution in [0.2, 0.25) is 0 Å². The number of hydrazine groups is 1. The lowest BCUT2D eigenvalue weighted by Crippen LogP contribution is -2.26. The van der Waals surface area contributed by atoms with Gasteiger partial charge in [-0.15, -0.1) is 0 Å². The second-order valence-corrected chi connectivity index (χ2v) is 4.11. The quantitative estimate of drug-likeness (QED) is 0.633. The number of nitrogen functional groups attached to an aromatic ring is 1. The predicted molar refractivity (Wildman–Crippen MR) is 74.2 cm³/mol. The summed E-state index contributed by atoms with van der Waals surface area (Å²) in [5, 5.41) is 0. The maximum absolute atomic E-state index is 12.1. The van der Waals surface area contributed by atoms with Gasteiger partial charge in [0.15, 0.2) is 0 Å². The van der Waals surface area contributed by atoms with Gasteiger partial charge < -0.3 is 0 Å². The highest BCUT2D eigenvalue weighted by atomic mass is 16.1. The van der Waals surface area contributed by atoms with Crippen molar-refractivity contribution >= 4 is 5.95 Å². The molecule has 1 aromatic heterocycles. The fourth-order valence-corrected chi connectivity index (χ4v) is 2.08. The first-order valence-corrected chi connectivity index (χ1v) is 6.24. The average molecular weight is 259 g/mol. The van der Waals surface area contributed by atoms with Gasteiger partial charge in [-0.25, -0.2) is 15.6 Å². The van der Waals surface area contributed by atoms with E-state index >= 15 is 0 Å². The second-order valence-electron chi connectivity index (χ2n) is 4.11. The van der Waals surface area contributed by atoms with E-state index in [4.69, 9.17) is 5.84 Å². The highest BCUT2D eigenvalue weighted by molar-refractivity contribution is 5.48. The van der Waals surface area contributed by atoms with Crippen LogP contribution in [0.5, 0.6) is 0 Å². The van der Waals surface area contributed by atoms with E-state index in [1.165, 1.54) is 10.9 Å². The lowest BCUT2D eigenvalue weighted by Gasteiger charge is -2.14. The Morgan fingerprint density at radius 3 is 2.37 bits per heavy atom. The molecule has 3 N–H and O–H groups in total. The molecule has 1 heterocycles. The number of aromatic nitrogens is 3. The number of hydrogen-bond donors (Lipinski definition) is 2. The van der Waals surface area contributed by atoms with Gasteiger partial charge in [-0.3, -0.25) is 9.99 Å². The van der Waals surface area contributed by atoms with E-state index < -0.39 is 5.69 Å². The largest absolute Gasteiger partial charge is 0.356 e. The van der Waals surface area contributed by atoms with Crippen molar-refractivity contribution in [3.63, 3.8) is 0 Å². The predicted octanol–water partition coefficient (Wildman–Crippen LogP) is 1.04. The molecule has 2 rings (SSSR count). The summed E-state index contributed by atoms with van der Waals surface area (Å²) in [6.45, 7) is 4.11. The van der Waals surface area contributed by atoms with Gasteiger partial charge >= 0.3 is 5.69 Å². The number of para-hydroxylation sites is 1. The summed E-state index contributed by atoms with van der Waals surface area (Å²) in [6.07, 6.45) is 3.14. The first kappa shape index (κ1) is 13.2. The molecule has 0 amide bonds. The third-order valence-electron chi connectivity index (χ3n) is 3.04. The van der Waals surface area contributed by atoms with Gasteiger partial charge in [0.1, 0.15) is 6.33 Å². The second kappa shape index (κ2) is 5.62. The van der Waals surface area contributed by atoms with Crippen molar-refractivity contribution in [3.05, 3.63) is 46.1 Å². The Kier molecular flexibility index (Phi) is 3.91. The van der Waals surface area contributed by atoms with Gasteiger partial charge in [0.05, 0.1) is 5.69 Å². The highest BCUT2D eigenvalue weighted by Gasteiger charge is 2.11. The minimum atomic E-state index is -0.390. The van der Waals surface area contributed by atoms with Crippen LogP contribution in [-0.4, -0.2) is 14.5 Å². The van der Waals surface area contributed by atoms with Crippen molar-refractivity contribution in [1.82, 2.24) is 14.5 Å². The molecule has 100 valence electrons. The van der Waals surface area contributed by atoms with E-state index in [1.807, 2.05) is 18.2 Å². The molecule has 6 heteroatoms. The lowest BCUT2D eigenvalue weighted by molar-refractivity contribution is 0.834. The van der Waals surface area contributed by atoms with E-state index in [1.54, 1.807) is 0 Å². The van der Waals surface area contributed by atoms with Crippen molar-refractivity contribution in [2.24, 2.45) is 5.84 Å². The molecule has 0 aliphatic rings. The maximum Gasteiger partial charge on any atom is 0.356 e. The Hall–Kier alpha value is -2.21. The summed E-state index contributed by atoms with van der Waals surface area (Å²) in [5.41, 5.74) is 4.95. The molecule has 2 aromatic rings. The first-order chi connectivity index (χ1) is 9.21. The van der Waals surface area contributed by atoms with Crippen LogP contribution in [0.15, 0.2) is 29.3 Å². The zero-order valence-electron chi connectivity index (χ0n) is 11.1. The molecule has 0 saturated heterocycles. The summed E-state index contributed by atoms with van der Waals surface area (Å²) >= 11 is 0. The number of anilines is 1. The first-order valence-electron chi connectivity index (χ1n) is 6.24. The van der Waals surface area contributed by atoms with Gasteiger partial charge in [-0.1, -0.05) is 32.0 Å². The van der Waals surface area contributed by atoms with Crippen LogP contribution in [0.3, 0.4) is 0 Å². The van der Waals surface area contributed by atoms with Crippen LogP contribution in [0.25, 0.3) is 5.69 Å². The molecule has 0 fully saturated rings. The van der Waals surface area contributed by atoms with Crippen LogP contribution < -0.4 is 17.0 Å². The van der Waals surface area contributed by atoms with Gasteiger partial charge in [0.2, 0.25) is 5.95 Å². The van der Waals surface area contributed by atoms with E-state index in [9.17, 15) is 4.79 Å². The number of rotatable bonds is 4. The number of nitrogens with zero attached hydrogens (tertiary/aromatic N) is 3. The maximum atomic E-state index is 12.1. The Balaban J connectivity index is 2.67. The molecule has 1 aromatic carbocycles. The van der Waals surface area contributed by atoms with Crippen LogP contribution in [0.4, 0.5) is 5.95 Å². The van der Waals surface area contributed by atoms with E-state index in [2.05, 4.69) is 29.2 Å². The monoisotopic (exact) mass is 259 g/mol. The molecule has 0 aliphatic carbocycles. The number of aryl methyl sites for hydroxylation is 2. The lowest BCUT2D eigenvalue weighted by atomic mass is 10.0. The van der Waals surface area contributed by atoms with Crippen molar-refractivity contribution < 1.29 is 0 Å². The molecule has 0 spiro atoms.